The van der Waals surface area contributed by atoms with Gasteiger partial charge in [-0.05, 0) is 55.1 Å². The lowest BCUT2D eigenvalue weighted by molar-refractivity contribution is -0.138. The molecular formula is C25H24F3N3O3. The summed E-state index contributed by atoms with van der Waals surface area (Å²) in [5, 5.41) is 5.45. The lowest BCUT2D eigenvalue weighted by atomic mass is 10.1. The number of hydrogen-bond acceptors (Lipinski definition) is 4. The number of ether oxygens (including phenoxy) is 1. The van der Waals surface area contributed by atoms with E-state index in [9.17, 15) is 22.8 Å². The molecule has 0 saturated carbocycles. The smallest absolute Gasteiger partial charge is 0.416 e. The van der Waals surface area contributed by atoms with E-state index in [4.69, 9.17) is 4.74 Å². The molecule has 0 aliphatic carbocycles. The van der Waals surface area contributed by atoms with Crippen LogP contribution in [0.2, 0.25) is 0 Å². The third-order valence-corrected chi connectivity index (χ3v) is 4.96. The summed E-state index contributed by atoms with van der Waals surface area (Å²) in [6.45, 7) is -0.145. The van der Waals surface area contributed by atoms with Gasteiger partial charge in [-0.2, -0.15) is 13.2 Å². The molecule has 0 bridgehead atoms. The van der Waals surface area contributed by atoms with Crippen LogP contribution in [-0.2, 0) is 17.5 Å². The number of methoxy groups -OCH3 is 1. The number of anilines is 2. The fourth-order valence-corrected chi connectivity index (χ4v) is 3.37. The van der Waals surface area contributed by atoms with Crippen molar-refractivity contribution in [2.75, 3.05) is 31.3 Å². The number of para-hydroxylation sites is 2. The van der Waals surface area contributed by atoms with Crippen molar-refractivity contribution in [1.82, 2.24) is 4.90 Å². The van der Waals surface area contributed by atoms with Gasteiger partial charge in [-0.1, -0.05) is 30.3 Å². The molecule has 3 rings (SSSR count). The van der Waals surface area contributed by atoms with Gasteiger partial charge >= 0.3 is 6.18 Å². The summed E-state index contributed by atoms with van der Waals surface area (Å²) < 4.78 is 44.7. The number of nitrogens with one attached hydrogen (secondary N) is 2. The maximum atomic E-state index is 13.2. The zero-order chi connectivity index (χ0) is 24.7. The predicted octanol–water partition coefficient (Wildman–Crippen LogP) is 5.04. The van der Waals surface area contributed by atoms with Gasteiger partial charge in [0.2, 0.25) is 5.91 Å². The van der Waals surface area contributed by atoms with E-state index in [1.54, 1.807) is 55.6 Å². The third-order valence-electron chi connectivity index (χ3n) is 4.96. The molecule has 0 atom stereocenters. The fourth-order valence-electron chi connectivity index (χ4n) is 3.37. The lowest BCUT2D eigenvalue weighted by Gasteiger charge is -2.19. The number of benzene rings is 3. The van der Waals surface area contributed by atoms with Crippen molar-refractivity contribution in [2.45, 2.75) is 12.7 Å². The van der Waals surface area contributed by atoms with Gasteiger partial charge in [-0.15, -0.1) is 0 Å². The Labute approximate surface area is 195 Å². The summed E-state index contributed by atoms with van der Waals surface area (Å²) in [6.07, 6.45) is -4.46. The molecule has 2 N–H and O–H groups in total. The van der Waals surface area contributed by atoms with Gasteiger partial charge in [0, 0.05) is 17.8 Å². The Hall–Kier alpha value is -3.85. The minimum atomic E-state index is -4.46. The van der Waals surface area contributed by atoms with Gasteiger partial charge < -0.3 is 15.4 Å². The van der Waals surface area contributed by atoms with Crippen LogP contribution >= 0.6 is 0 Å². The molecule has 0 unspecified atom stereocenters. The standard InChI is InChI=1S/C25H24F3N3O3/c1-31(15-18-7-3-4-8-20(18)25(26,27)28)16-23(32)29-19-13-11-17(12-14-19)24(33)30-21-9-5-6-10-22(21)34-2/h3-14H,15-16H2,1-2H3,(H,29,32)(H,30,33). The average Bonchev–Trinajstić information content (AvgIpc) is 2.79. The zero-order valence-corrected chi connectivity index (χ0v) is 18.6. The van der Waals surface area contributed by atoms with Crippen LogP contribution in [0.4, 0.5) is 24.5 Å². The number of rotatable bonds is 8. The quantitative estimate of drug-likeness (QED) is 0.483. The van der Waals surface area contributed by atoms with E-state index in [2.05, 4.69) is 10.6 Å². The number of alkyl halides is 3. The number of carbonyl (C=O) groups excluding carboxylic acids is 2. The monoisotopic (exact) mass is 471 g/mol. The van der Waals surface area contributed by atoms with Gasteiger partial charge in [0.1, 0.15) is 5.75 Å². The van der Waals surface area contributed by atoms with Gasteiger partial charge in [-0.25, -0.2) is 0 Å². The minimum absolute atomic E-state index is 0.0365. The minimum Gasteiger partial charge on any atom is -0.495 e. The van der Waals surface area contributed by atoms with E-state index in [-0.39, 0.29) is 24.6 Å². The normalized spacial score (nSPS) is 11.2. The number of carbonyl (C=O) groups is 2. The van der Waals surface area contributed by atoms with Crippen molar-refractivity contribution in [2.24, 2.45) is 0 Å². The molecule has 3 aromatic carbocycles. The van der Waals surface area contributed by atoms with Crippen LogP contribution in [-0.4, -0.2) is 37.4 Å². The van der Waals surface area contributed by atoms with E-state index < -0.39 is 17.6 Å². The molecule has 9 heteroatoms. The Balaban J connectivity index is 1.56. The SMILES string of the molecule is COc1ccccc1NC(=O)c1ccc(NC(=O)CN(C)Cc2ccccc2C(F)(F)F)cc1. The summed E-state index contributed by atoms with van der Waals surface area (Å²) >= 11 is 0. The molecule has 0 spiro atoms. The van der Waals surface area contributed by atoms with Crippen molar-refractivity contribution in [1.29, 1.82) is 0 Å². The lowest BCUT2D eigenvalue weighted by Crippen LogP contribution is -2.30. The number of nitrogens with zero attached hydrogens (tertiary/aromatic N) is 1. The van der Waals surface area contributed by atoms with Crippen LogP contribution in [0.3, 0.4) is 0 Å². The summed E-state index contributed by atoms with van der Waals surface area (Å²) in [7, 11) is 3.08. The van der Waals surface area contributed by atoms with Crippen LogP contribution in [0, 0.1) is 0 Å². The number of likely N-dealkylation sites (N-methyl/N-ethyl adjacent to an activating group) is 1. The second-order valence-corrected chi connectivity index (χ2v) is 7.61. The van der Waals surface area contributed by atoms with Crippen LogP contribution in [0.5, 0.6) is 5.75 Å². The molecule has 0 aliphatic rings. The van der Waals surface area contributed by atoms with Gasteiger partial charge in [0.05, 0.1) is 24.9 Å². The maximum absolute atomic E-state index is 13.2. The van der Waals surface area contributed by atoms with E-state index in [0.717, 1.165) is 6.07 Å². The van der Waals surface area contributed by atoms with E-state index in [0.29, 0.717) is 22.7 Å². The molecule has 0 aliphatic heterocycles. The van der Waals surface area contributed by atoms with Crippen molar-refractivity contribution < 1.29 is 27.5 Å². The molecule has 178 valence electrons. The Morgan fingerprint density at radius 1 is 0.912 bits per heavy atom. The van der Waals surface area contributed by atoms with Crippen molar-refractivity contribution >= 4 is 23.2 Å². The van der Waals surface area contributed by atoms with Crippen molar-refractivity contribution in [3.8, 4) is 5.75 Å². The first-order valence-electron chi connectivity index (χ1n) is 10.4. The van der Waals surface area contributed by atoms with Gasteiger partial charge in [0.15, 0.2) is 0 Å². The Morgan fingerprint density at radius 2 is 1.56 bits per heavy atom. The summed E-state index contributed by atoms with van der Waals surface area (Å²) in [5.74, 6) is -0.203. The van der Waals surface area contributed by atoms with Crippen molar-refractivity contribution in [3.05, 3.63) is 89.5 Å². The van der Waals surface area contributed by atoms with Crippen molar-refractivity contribution in [3.63, 3.8) is 0 Å². The summed E-state index contributed by atoms with van der Waals surface area (Å²) in [5.41, 5.74) is 0.746. The predicted molar refractivity (Wildman–Crippen MR) is 124 cm³/mol. The fraction of sp³-hybridized carbons (Fsp3) is 0.200. The Morgan fingerprint density at radius 3 is 2.24 bits per heavy atom. The number of amides is 2. The largest absolute Gasteiger partial charge is 0.495 e. The van der Waals surface area contributed by atoms with Crippen LogP contribution in [0.1, 0.15) is 21.5 Å². The summed E-state index contributed by atoms with van der Waals surface area (Å²) in [4.78, 5) is 26.3. The molecular weight excluding hydrogens is 447 g/mol. The molecule has 3 aromatic rings. The van der Waals surface area contributed by atoms with Crippen LogP contribution in [0.25, 0.3) is 0 Å². The number of halogens is 3. The van der Waals surface area contributed by atoms with Crippen LogP contribution < -0.4 is 15.4 Å². The topological polar surface area (TPSA) is 70.7 Å². The number of hydrogen-bond donors (Lipinski definition) is 2. The maximum Gasteiger partial charge on any atom is 0.416 e. The molecule has 34 heavy (non-hydrogen) atoms. The molecule has 0 saturated heterocycles. The highest BCUT2D eigenvalue weighted by Gasteiger charge is 2.33. The van der Waals surface area contributed by atoms with Crippen LogP contribution in [0.15, 0.2) is 72.8 Å². The van der Waals surface area contributed by atoms with E-state index in [1.807, 2.05) is 0 Å². The molecule has 0 heterocycles. The highest BCUT2D eigenvalue weighted by Crippen LogP contribution is 2.32. The molecule has 0 aromatic heterocycles. The summed E-state index contributed by atoms with van der Waals surface area (Å²) in [6, 6.07) is 18.6. The molecule has 2 amide bonds. The molecule has 0 radical (unpaired) electrons. The van der Waals surface area contributed by atoms with Gasteiger partial charge in [-0.3, -0.25) is 14.5 Å². The van der Waals surface area contributed by atoms with Gasteiger partial charge in [0.25, 0.3) is 5.91 Å². The van der Waals surface area contributed by atoms with E-state index in [1.165, 1.54) is 30.2 Å². The zero-order valence-electron chi connectivity index (χ0n) is 18.6. The average molecular weight is 471 g/mol. The Kier molecular flexibility index (Phi) is 7.91. The first kappa shape index (κ1) is 24.8. The third kappa shape index (κ3) is 6.58. The molecule has 6 nitrogen and oxygen atoms in total. The highest BCUT2D eigenvalue weighted by atomic mass is 19.4. The first-order chi connectivity index (χ1) is 16.2. The Bertz CT molecular complexity index is 1150. The first-order valence-corrected chi connectivity index (χ1v) is 10.4. The molecule has 0 fully saturated rings. The highest BCUT2D eigenvalue weighted by molar-refractivity contribution is 6.05. The van der Waals surface area contributed by atoms with E-state index >= 15 is 0 Å². The second-order valence-electron chi connectivity index (χ2n) is 7.61. The second kappa shape index (κ2) is 10.8.